The second kappa shape index (κ2) is 4.34. The smallest absolute Gasteiger partial charge is 0.0345 e. The van der Waals surface area contributed by atoms with Crippen LogP contribution in [0.1, 0.15) is 18.1 Å². The van der Waals surface area contributed by atoms with Gasteiger partial charge >= 0.3 is 0 Å². The highest BCUT2D eigenvalue weighted by atomic mass is 32.1. The minimum Gasteiger partial charge on any atom is -0.144 e. The van der Waals surface area contributed by atoms with E-state index in [0.29, 0.717) is 0 Å². The van der Waals surface area contributed by atoms with E-state index in [-0.39, 0.29) is 0 Å². The standard InChI is InChI=1S/C16H14S/c1-2-12-6-4-3-5-7-13-11-16-14(8-9-17-16)10-15(12)13/h2-6,8-11H,7H2,1H3/b5-3-,6-4-,12-2-. The molecule has 1 heterocycles. The molecule has 0 amide bonds. The first-order valence-corrected chi connectivity index (χ1v) is 6.76. The number of fused-ring (bicyclic) bond motifs is 2. The predicted molar refractivity (Wildman–Crippen MR) is 77.5 cm³/mol. The van der Waals surface area contributed by atoms with Gasteiger partial charge in [-0.25, -0.2) is 0 Å². The summed E-state index contributed by atoms with van der Waals surface area (Å²) in [6.45, 7) is 2.10. The van der Waals surface area contributed by atoms with Gasteiger partial charge in [0, 0.05) is 4.70 Å². The number of thiophene rings is 1. The molecule has 1 heteroatoms. The van der Waals surface area contributed by atoms with E-state index in [2.05, 4.69) is 60.9 Å². The predicted octanol–water partition coefficient (Wildman–Crippen LogP) is 4.97. The summed E-state index contributed by atoms with van der Waals surface area (Å²) < 4.78 is 1.39. The van der Waals surface area contributed by atoms with Gasteiger partial charge in [-0.3, -0.25) is 0 Å². The van der Waals surface area contributed by atoms with E-state index in [9.17, 15) is 0 Å². The third-order valence-corrected chi connectivity index (χ3v) is 4.04. The van der Waals surface area contributed by atoms with Crippen LogP contribution >= 0.6 is 11.3 Å². The Kier molecular flexibility index (Phi) is 2.69. The molecule has 0 bridgehead atoms. The van der Waals surface area contributed by atoms with Gasteiger partial charge in [-0.1, -0.05) is 30.4 Å². The van der Waals surface area contributed by atoms with E-state index in [4.69, 9.17) is 0 Å². The van der Waals surface area contributed by atoms with Gasteiger partial charge in [-0.2, -0.15) is 0 Å². The van der Waals surface area contributed by atoms with Crippen LogP contribution in [0.5, 0.6) is 0 Å². The molecule has 84 valence electrons. The number of rotatable bonds is 0. The largest absolute Gasteiger partial charge is 0.144 e. The highest BCUT2D eigenvalue weighted by Gasteiger charge is 2.08. The zero-order valence-electron chi connectivity index (χ0n) is 9.81. The molecule has 17 heavy (non-hydrogen) atoms. The van der Waals surface area contributed by atoms with Crippen molar-refractivity contribution in [1.82, 2.24) is 0 Å². The van der Waals surface area contributed by atoms with Crippen molar-refractivity contribution in [3.63, 3.8) is 0 Å². The van der Waals surface area contributed by atoms with E-state index < -0.39 is 0 Å². The second-order valence-corrected chi connectivity index (χ2v) is 5.15. The molecule has 0 saturated heterocycles. The number of allylic oxidation sites excluding steroid dienone is 6. The SMILES string of the molecule is C/C=C1/C=C\C=C/Cc2cc3sccc3cc21. The van der Waals surface area contributed by atoms with Crippen molar-refractivity contribution in [2.75, 3.05) is 0 Å². The van der Waals surface area contributed by atoms with Crippen LogP contribution in [0.15, 0.2) is 54.0 Å². The van der Waals surface area contributed by atoms with Gasteiger partial charge in [-0.05, 0) is 59.0 Å². The number of hydrogen-bond acceptors (Lipinski definition) is 1. The average molecular weight is 238 g/mol. The molecule has 0 radical (unpaired) electrons. The molecule has 0 saturated carbocycles. The molecule has 1 aliphatic rings. The zero-order chi connectivity index (χ0) is 11.7. The number of benzene rings is 1. The summed E-state index contributed by atoms with van der Waals surface area (Å²) in [5.74, 6) is 0. The summed E-state index contributed by atoms with van der Waals surface area (Å²) in [7, 11) is 0. The van der Waals surface area contributed by atoms with E-state index in [1.54, 1.807) is 0 Å². The minimum absolute atomic E-state index is 1.02. The molecule has 1 aromatic carbocycles. The van der Waals surface area contributed by atoms with Gasteiger partial charge in [0.05, 0.1) is 0 Å². The van der Waals surface area contributed by atoms with Crippen LogP contribution in [0.4, 0.5) is 0 Å². The monoisotopic (exact) mass is 238 g/mol. The van der Waals surface area contributed by atoms with Crippen LogP contribution in [0.3, 0.4) is 0 Å². The molecule has 0 unspecified atom stereocenters. The van der Waals surface area contributed by atoms with Crippen LogP contribution in [0.2, 0.25) is 0 Å². The fraction of sp³-hybridized carbons (Fsp3) is 0.125. The zero-order valence-corrected chi connectivity index (χ0v) is 10.6. The first-order chi connectivity index (χ1) is 8.38. The Labute approximate surface area is 106 Å². The van der Waals surface area contributed by atoms with Crippen molar-refractivity contribution in [3.8, 4) is 0 Å². The van der Waals surface area contributed by atoms with Crippen molar-refractivity contribution in [1.29, 1.82) is 0 Å². The van der Waals surface area contributed by atoms with Crippen LogP contribution in [0, 0.1) is 0 Å². The highest BCUT2D eigenvalue weighted by molar-refractivity contribution is 7.17. The van der Waals surface area contributed by atoms with E-state index >= 15 is 0 Å². The van der Waals surface area contributed by atoms with Crippen molar-refractivity contribution >= 4 is 27.0 Å². The third-order valence-electron chi connectivity index (χ3n) is 3.16. The summed E-state index contributed by atoms with van der Waals surface area (Å²) >= 11 is 1.82. The molecule has 0 atom stereocenters. The highest BCUT2D eigenvalue weighted by Crippen LogP contribution is 2.30. The third kappa shape index (κ3) is 1.87. The second-order valence-electron chi connectivity index (χ2n) is 4.20. The van der Waals surface area contributed by atoms with Crippen LogP contribution in [-0.2, 0) is 6.42 Å². The average Bonchev–Trinajstić information content (AvgIpc) is 2.76. The topological polar surface area (TPSA) is 0 Å². The fourth-order valence-corrected chi connectivity index (χ4v) is 3.10. The lowest BCUT2D eigenvalue weighted by atomic mass is 9.94. The molecule has 0 aliphatic heterocycles. The maximum atomic E-state index is 2.34. The van der Waals surface area contributed by atoms with Gasteiger partial charge in [-0.15, -0.1) is 11.3 Å². The Morgan fingerprint density at radius 3 is 3.06 bits per heavy atom. The molecular weight excluding hydrogens is 224 g/mol. The first kappa shape index (κ1) is 10.5. The molecule has 0 N–H and O–H groups in total. The van der Waals surface area contributed by atoms with E-state index in [1.807, 2.05) is 11.3 Å². The molecule has 0 nitrogen and oxygen atoms in total. The lowest BCUT2D eigenvalue weighted by Gasteiger charge is -2.11. The number of hydrogen-bond donors (Lipinski definition) is 0. The lowest BCUT2D eigenvalue weighted by molar-refractivity contribution is 1.26. The normalized spacial score (nSPS) is 20.9. The quantitative estimate of drug-likeness (QED) is 0.607. The van der Waals surface area contributed by atoms with E-state index in [1.165, 1.54) is 26.8 Å². The Hall–Kier alpha value is -1.60. The van der Waals surface area contributed by atoms with Crippen molar-refractivity contribution in [3.05, 3.63) is 65.1 Å². The maximum absolute atomic E-state index is 2.34. The summed E-state index contributed by atoms with van der Waals surface area (Å²) in [4.78, 5) is 0. The van der Waals surface area contributed by atoms with Gasteiger partial charge in [0.1, 0.15) is 0 Å². The molecule has 2 aromatic rings. The summed E-state index contributed by atoms with van der Waals surface area (Å²) in [5.41, 5.74) is 4.12. The Morgan fingerprint density at radius 1 is 1.24 bits per heavy atom. The molecule has 3 rings (SSSR count). The first-order valence-electron chi connectivity index (χ1n) is 5.88. The molecule has 1 aliphatic carbocycles. The molecule has 1 aromatic heterocycles. The Bertz CT molecular complexity index is 639. The fourth-order valence-electron chi connectivity index (χ4n) is 2.26. The van der Waals surface area contributed by atoms with Gasteiger partial charge in [0.2, 0.25) is 0 Å². The maximum Gasteiger partial charge on any atom is 0.0345 e. The van der Waals surface area contributed by atoms with E-state index in [0.717, 1.165) is 6.42 Å². The van der Waals surface area contributed by atoms with Crippen molar-refractivity contribution in [2.45, 2.75) is 13.3 Å². The van der Waals surface area contributed by atoms with Crippen LogP contribution in [-0.4, -0.2) is 0 Å². The van der Waals surface area contributed by atoms with Gasteiger partial charge < -0.3 is 0 Å². The van der Waals surface area contributed by atoms with Gasteiger partial charge in [0.15, 0.2) is 0 Å². The van der Waals surface area contributed by atoms with Gasteiger partial charge in [0.25, 0.3) is 0 Å². The lowest BCUT2D eigenvalue weighted by Crippen LogP contribution is -1.92. The van der Waals surface area contributed by atoms with Crippen molar-refractivity contribution < 1.29 is 0 Å². The van der Waals surface area contributed by atoms with Crippen LogP contribution in [0.25, 0.3) is 15.7 Å². The molecule has 0 fully saturated rings. The Morgan fingerprint density at radius 2 is 2.18 bits per heavy atom. The molecule has 0 spiro atoms. The Balaban J connectivity index is 2.30. The molecular formula is C16H14S. The summed E-state index contributed by atoms with van der Waals surface area (Å²) in [5, 5.41) is 3.52. The summed E-state index contributed by atoms with van der Waals surface area (Å²) in [6, 6.07) is 6.86. The van der Waals surface area contributed by atoms with Crippen LogP contribution < -0.4 is 0 Å². The minimum atomic E-state index is 1.02. The summed E-state index contributed by atoms with van der Waals surface area (Å²) in [6.07, 6.45) is 11.9. The van der Waals surface area contributed by atoms with Crippen molar-refractivity contribution in [2.24, 2.45) is 0 Å².